The van der Waals surface area contributed by atoms with Crippen LogP contribution >= 0.6 is 11.3 Å². The van der Waals surface area contributed by atoms with Gasteiger partial charge >= 0.3 is 5.97 Å². The van der Waals surface area contributed by atoms with Crippen LogP contribution in [0.5, 0.6) is 0 Å². The van der Waals surface area contributed by atoms with Crippen molar-refractivity contribution in [1.82, 2.24) is 14.9 Å². The Balaban J connectivity index is 1.41. The van der Waals surface area contributed by atoms with Crippen molar-refractivity contribution in [2.45, 2.75) is 102 Å². The van der Waals surface area contributed by atoms with E-state index in [1.165, 1.54) is 30.6 Å². The Bertz CT molecular complexity index is 1260. The number of carbonyl (C=O) groups excluding carboxylic acids is 1. The van der Waals surface area contributed by atoms with E-state index in [0.717, 1.165) is 55.4 Å². The molecule has 8 heteroatoms. The zero-order chi connectivity index (χ0) is 27.4. The van der Waals surface area contributed by atoms with Crippen LogP contribution in [-0.2, 0) is 11.2 Å². The maximum Gasteiger partial charge on any atom is 0.306 e. The highest BCUT2D eigenvalue weighted by atomic mass is 32.1. The number of aliphatic hydroxyl groups is 1. The van der Waals surface area contributed by atoms with Crippen molar-refractivity contribution < 1.29 is 19.8 Å². The van der Waals surface area contributed by atoms with E-state index in [0.29, 0.717) is 29.9 Å². The molecule has 0 aliphatic heterocycles. The number of aromatic nitrogens is 2. The lowest BCUT2D eigenvalue weighted by atomic mass is 9.83. The van der Waals surface area contributed by atoms with Gasteiger partial charge in [0.2, 0.25) is 0 Å². The summed E-state index contributed by atoms with van der Waals surface area (Å²) in [6.07, 6.45) is 10.3. The molecule has 1 aromatic carbocycles. The van der Waals surface area contributed by atoms with Gasteiger partial charge in [-0.3, -0.25) is 9.59 Å². The summed E-state index contributed by atoms with van der Waals surface area (Å²) in [5.74, 6) is 0.645. The molecule has 0 bridgehead atoms. The van der Waals surface area contributed by atoms with E-state index in [1.807, 2.05) is 18.2 Å². The molecule has 2 heterocycles. The lowest BCUT2D eigenvalue weighted by Crippen LogP contribution is -2.45. The van der Waals surface area contributed by atoms with E-state index in [1.54, 1.807) is 11.3 Å². The lowest BCUT2D eigenvalue weighted by Gasteiger charge is -2.31. The number of aliphatic carboxylic acids is 1. The molecule has 210 valence electrons. The van der Waals surface area contributed by atoms with E-state index >= 15 is 0 Å². The summed E-state index contributed by atoms with van der Waals surface area (Å²) in [5, 5.41) is 25.1. The average molecular weight is 552 g/mol. The molecule has 3 aromatic rings. The van der Waals surface area contributed by atoms with Crippen LogP contribution in [0.1, 0.15) is 105 Å². The van der Waals surface area contributed by atoms with Gasteiger partial charge in [0.15, 0.2) is 0 Å². The number of carboxylic acids is 1. The van der Waals surface area contributed by atoms with Crippen LogP contribution in [0.3, 0.4) is 0 Å². The first-order valence-corrected chi connectivity index (χ1v) is 15.5. The predicted molar refractivity (Wildman–Crippen MR) is 154 cm³/mol. The van der Waals surface area contributed by atoms with Crippen molar-refractivity contribution >= 4 is 34.2 Å². The van der Waals surface area contributed by atoms with Crippen molar-refractivity contribution in [3.05, 3.63) is 52.0 Å². The van der Waals surface area contributed by atoms with Gasteiger partial charge in [-0.2, -0.15) is 0 Å². The number of aliphatic hydroxyl groups excluding tert-OH is 1. The summed E-state index contributed by atoms with van der Waals surface area (Å²) in [5.41, 5.74) is 2.35. The first kappa shape index (κ1) is 27.8. The average Bonchev–Trinajstić information content (AvgIpc) is 3.56. The van der Waals surface area contributed by atoms with Gasteiger partial charge in [0, 0.05) is 22.9 Å². The van der Waals surface area contributed by atoms with E-state index in [-0.39, 0.29) is 12.3 Å². The Morgan fingerprint density at radius 2 is 1.87 bits per heavy atom. The van der Waals surface area contributed by atoms with Gasteiger partial charge in [-0.05, 0) is 60.7 Å². The third kappa shape index (κ3) is 6.72. The molecule has 0 radical (unpaired) electrons. The van der Waals surface area contributed by atoms with Gasteiger partial charge in [-0.25, -0.2) is 4.98 Å². The van der Waals surface area contributed by atoms with Crippen LogP contribution < -0.4 is 5.32 Å². The van der Waals surface area contributed by atoms with Crippen LogP contribution in [0.4, 0.5) is 0 Å². The molecular formula is C31H41N3O4S. The number of carbonyl (C=O) groups is 2. The maximum atomic E-state index is 13.4. The minimum atomic E-state index is -1.12. The largest absolute Gasteiger partial charge is 0.481 e. The summed E-state index contributed by atoms with van der Waals surface area (Å²) in [4.78, 5) is 31.1. The Morgan fingerprint density at radius 3 is 2.59 bits per heavy atom. The van der Waals surface area contributed by atoms with Crippen molar-refractivity contribution in [3.8, 4) is 0 Å². The summed E-state index contributed by atoms with van der Waals surface area (Å²) in [7, 11) is 0. The molecule has 0 spiro atoms. The van der Waals surface area contributed by atoms with Crippen molar-refractivity contribution in [2.24, 2.45) is 11.8 Å². The van der Waals surface area contributed by atoms with Crippen LogP contribution in [0.2, 0.25) is 0 Å². The molecule has 2 aromatic heterocycles. The van der Waals surface area contributed by atoms with Gasteiger partial charge in [0.1, 0.15) is 5.82 Å². The van der Waals surface area contributed by atoms with Crippen molar-refractivity contribution in [1.29, 1.82) is 0 Å². The van der Waals surface area contributed by atoms with Gasteiger partial charge in [-0.15, -0.1) is 11.3 Å². The van der Waals surface area contributed by atoms with Crippen LogP contribution in [0, 0.1) is 11.8 Å². The van der Waals surface area contributed by atoms with Gasteiger partial charge < -0.3 is 20.1 Å². The number of imidazole rings is 1. The minimum Gasteiger partial charge on any atom is -0.481 e. The highest BCUT2D eigenvalue weighted by Gasteiger charge is 2.30. The Kier molecular flexibility index (Phi) is 9.03. The predicted octanol–water partition coefficient (Wildman–Crippen LogP) is 6.34. The number of nitrogens with one attached hydrogen (secondary N) is 1. The first-order chi connectivity index (χ1) is 18.9. The Morgan fingerprint density at radius 1 is 1.10 bits per heavy atom. The van der Waals surface area contributed by atoms with E-state index < -0.39 is 18.1 Å². The molecule has 7 nitrogen and oxygen atoms in total. The molecule has 2 fully saturated rings. The highest BCUT2D eigenvalue weighted by Crippen LogP contribution is 2.37. The van der Waals surface area contributed by atoms with Crippen molar-refractivity contribution in [3.63, 3.8) is 0 Å². The number of nitrogens with zero attached hydrogens (tertiary/aromatic N) is 2. The molecule has 2 aliphatic rings. The summed E-state index contributed by atoms with van der Waals surface area (Å²) in [6, 6.07) is 9.73. The SMILES string of the molecule is C[C@@H]1CCCC[C@H]1n1c(Cc2cccs2)nc2cc(C(=O)N[C@@H](CC3CCCCC3)[C@H](O)CC(=O)O)ccc21. The van der Waals surface area contributed by atoms with Gasteiger partial charge in [0.25, 0.3) is 5.91 Å². The number of rotatable bonds is 10. The van der Waals surface area contributed by atoms with Gasteiger partial charge in [0.05, 0.1) is 29.6 Å². The highest BCUT2D eigenvalue weighted by molar-refractivity contribution is 7.09. The third-order valence-corrected chi connectivity index (χ3v) is 9.69. The number of amides is 1. The van der Waals surface area contributed by atoms with E-state index in [2.05, 4.69) is 34.3 Å². The summed E-state index contributed by atoms with van der Waals surface area (Å²) >= 11 is 1.74. The Labute approximate surface area is 234 Å². The number of fused-ring (bicyclic) bond motifs is 1. The molecular weight excluding hydrogens is 510 g/mol. The molecule has 3 N–H and O–H groups in total. The summed E-state index contributed by atoms with van der Waals surface area (Å²) < 4.78 is 2.42. The fourth-order valence-electron chi connectivity index (χ4n) is 6.70. The zero-order valence-corrected chi connectivity index (χ0v) is 23.7. The second-order valence-corrected chi connectivity index (χ2v) is 12.7. The second kappa shape index (κ2) is 12.6. The quantitative estimate of drug-likeness (QED) is 0.273. The van der Waals surface area contributed by atoms with Crippen LogP contribution in [0.15, 0.2) is 35.7 Å². The van der Waals surface area contributed by atoms with E-state index in [9.17, 15) is 19.8 Å². The number of carboxylic acid groups (broad SMARTS) is 1. The maximum absolute atomic E-state index is 13.4. The smallest absolute Gasteiger partial charge is 0.306 e. The third-order valence-electron chi connectivity index (χ3n) is 8.81. The molecule has 4 atom stereocenters. The molecule has 2 saturated carbocycles. The molecule has 2 aliphatic carbocycles. The molecule has 0 unspecified atom stereocenters. The Hall–Kier alpha value is -2.71. The first-order valence-electron chi connectivity index (χ1n) is 14.6. The topological polar surface area (TPSA) is 104 Å². The molecule has 39 heavy (non-hydrogen) atoms. The van der Waals surface area contributed by atoms with Crippen molar-refractivity contribution in [2.75, 3.05) is 0 Å². The second-order valence-electron chi connectivity index (χ2n) is 11.7. The molecule has 5 rings (SSSR count). The van der Waals surface area contributed by atoms with Gasteiger partial charge in [-0.1, -0.05) is 57.9 Å². The van der Waals surface area contributed by atoms with E-state index in [4.69, 9.17) is 4.98 Å². The zero-order valence-electron chi connectivity index (χ0n) is 22.8. The van der Waals surface area contributed by atoms with Crippen LogP contribution in [-0.4, -0.2) is 43.8 Å². The number of hydrogen-bond donors (Lipinski definition) is 3. The lowest BCUT2D eigenvalue weighted by molar-refractivity contribution is -0.139. The molecule has 1 amide bonds. The number of benzene rings is 1. The van der Waals surface area contributed by atoms with Crippen LogP contribution in [0.25, 0.3) is 11.0 Å². The minimum absolute atomic E-state index is 0.289. The normalized spacial score (nSPS) is 22.0. The number of hydrogen-bond acceptors (Lipinski definition) is 5. The fraction of sp³-hybridized carbons (Fsp3) is 0.581. The fourth-order valence-corrected chi connectivity index (χ4v) is 7.40. The summed E-state index contributed by atoms with van der Waals surface area (Å²) in [6.45, 7) is 2.33. The molecule has 0 saturated heterocycles. The number of thiophene rings is 1. The monoisotopic (exact) mass is 551 g/mol. The standard InChI is InChI=1S/C31H41N3O4S/c1-20-8-5-6-12-26(20)34-27-14-13-22(17-24(27)32-29(34)18-23-11-7-15-39-23)31(38)33-25(28(35)19-30(36)37)16-21-9-3-2-4-10-21/h7,11,13-15,17,20-21,25-26,28,35H,2-6,8-10,12,16,18-19H2,1H3,(H,33,38)(H,36,37)/t20-,25+,26-,28-/m1/s1.